The lowest BCUT2D eigenvalue weighted by Crippen LogP contribution is -2.32. The number of hydrogen-bond acceptors (Lipinski definition) is 2. The zero-order valence-electron chi connectivity index (χ0n) is 11.7. The maximum Gasteiger partial charge on any atom is 0.241 e. The maximum absolute atomic E-state index is 12.2. The molecule has 1 aliphatic carbocycles. The number of nitrogens with one attached hydrogen (secondary N) is 1. The highest BCUT2D eigenvalue weighted by Gasteiger charge is 2.39. The molecule has 0 radical (unpaired) electrons. The van der Waals surface area contributed by atoms with E-state index in [0.29, 0.717) is 0 Å². The quantitative estimate of drug-likeness (QED) is 0.900. The average Bonchev–Trinajstić information content (AvgIpc) is 3.21. The van der Waals surface area contributed by atoms with Gasteiger partial charge in [-0.2, -0.15) is 0 Å². The minimum Gasteiger partial charge on any atom is -0.321 e. The number of rotatable bonds is 4. The molecule has 2 fully saturated rings. The van der Waals surface area contributed by atoms with Crippen molar-refractivity contribution in [3.8, 4) is 0 Å². The van der Waals surface area contributed by atoms with Crippen molar-refractivity contribution in [2.75, 3.05) is 6.54 Å². The molecule has 3 nitrogen and oxygen atoms in total. The molecule has 2 atom stereocenters. The van der Waals surface area contributed by atoms with E-state index in [4.69, 9.17) is 0 Å². The Bertz CT molecular complexity index is 464. The minimum absolute atomic E-state index is 0.0606. The lowest BCUT2D eigenvalue weighted by Gasteiger charge is -2.24. The van der Waals surface area contributed by atoms with Crippen molar-refractivity contribution in [3.63, 3.8) is 0 Å². The van der Waals surface area contributed by atoms with Gasteiger partial charge in [-0.1, -0.05) is 31.2 Å². The number of benzene rings is 1. The predicted octanol–water partition coefficient (Wildman–Crippen LogP) is 2.48. The van der Waals surface area contributed by atoms with Gasteiger partial charge in [0, 0.05) is 6.54 Å². The van der Waals surface area contributed by atoms with Gasteiger partial charge < -0.3 is 4.90 Å². The van der Waals surface area contributed by atoms with Crippen molar-refractivity contribution >= 4 is 5.91 Å². The zero-order valence-corrected chi connectivity index (χ0v) is 11.7. The summed E-state index contributed by atoms with van der Waals surface area (Å²) in [7, 11) is 0. The van der Waals surface area contributed by atoms with Gasteiger partial charge in [0.1, 0.15) is 6.17 Å². The summed E-state index contributed by atoms with van der Waals surface area (Å²) in [5, 5.41) is 3.42. The first-order valence-corrected chi connectivity index (χ1v) is 7.34. The van der Waals surface area contributed by atoms with Crippen LogP contribution in [0.3, 0.4) is 0 Å². The second-order valence-corrected chi connectivity index (χ2v) is 5.82. The molecule has 1 heterocycles. The summed E-state index contributed by atoms with van der Waals surface area (Å²) in [6, 6.07) is 8.58. The van der Waals surface area contributed by atoms with Gasteiger partial charge in [0.15, 0.2) is 0 Å². The SMILES string of the molecule is CCc1ccc(C2NC(C)C(=O)N2CC2CC2)cc1. The van der Waals surface area contributed by atoms with Crippen LogP contribution in [0.4, 0.5) is 0 Å². The second-order valence-electron chi connectivity index (χ2n) is 5.82. The Kier molecular flexibility index (Phi) is 3.31. The maximum atomic E-state index is 12.2. The smallest absolute Gasteiger partial charge is 0.241 e. The van der Waals surface area contributed by atoms with Crippen LogP contribution < -0.4 is 5.32 Å². The Hall–Kier alpha value is -1.35. The summed E-state index contributed by atoms with van der Waals surface area (Å²) >= 11 is 0. The summed E-state index contributed by atoms with van der Waals surface area (Å²) in [5.41, 5.74) is 2.55. The number of hydrogen-bond donors (Lipinski definition) is 1. The largest absolute Gasteiger partial charge is 0.321 e. The van der Waals surface area contributed by atoms with E-state index in [2.05, 4.69) is 36.5 Å². The number of aryl methyl sites for hydroxylation is 1. The Balaban J connectivity index is 1.81. The van der Waals surface area contributed by atoms with Gasteiger partial charge >= 0.3 is 0 Å². The zero-order chi connectivity index (χ0) is 13.4. The van der Waals surface area contributed by atoms with Crippen LogP contribution in [-0.2, 0) is 11.2 Å². The fraction of sp³-hybridized carbons (Fsp3) is 0.562. The first-order chi connectivity index (χ1) is 9.19. The van der Waals surface area contributed by atoms with Crippen LogP contribution in [0.25, 0.3) is 0 Å². The van der Waals surface area contributed by atoms with E-state index < -0.39 is 0 Å². The molecule has 1 aromatic carbocycles. The molecular formula is C16H22N2O. The highest BCUT2D eigenvalue weighted by atomic mass is 16.2. The molecule has 1 aliphatic heterocycles. The van der Waals surface area contributed by atoms with Crippen molar-refractivity contribution in [1.82, 2.24) is 10.2 Å². The molecule has 1 amide bonds. The van der Waals surface area contributed by atoms with E-state index in [9.17, 15) is 4.79 Å². The summed E-state index contributed by atoms with van der Waals surface area (Å²) < 4.78 is 0. The summed E-state index contributed by atoms with van der Waals surface area (Å²) in [4.78, 5) is 14.3. The molecule has 0 spiro atoms. The van der Waals surface area contributed by atoms with Gasteiger partial charge in [0.05, 0.1) is 6.04 Å². The van der Waals surface area contributed by atoms with Gasteiger partial charge in [0.2, 0.25) is 5.91 Å². The van der Waals surface area contributed by atoms with E-state index >= 15 is 0 Å². The van der Waals surface area contributed by atoms with Gasteiger partial charge in [-0.25, -0.2) is 0 Å². The Morgan fingerprint density at radius 3 is 2.53 bits per heavy atom. The standard InChI is InChI=1S/C16H22N2O/c1-3-12-6-8-14(9-7-12)15-17-11(2)16(19)18(15)10-13-4-5-13/h6-9,11,13,15,17H,3-5,10H2,1-2H3. The molecule has 102 valence electrons. The van der Waals surface area contributed by atoms with Crippen molar-refractivity contribution in [3.05, 3.63) is 35.4 Å². The average molecular weight is 258 g/mol. The minimum atomic E-state index is -0.0606. The van der Waals surface area contributed by atoms with Crippen molar-refractivity contribution in [1.29, 1.82) is 0 Å². The van der Waals surface area contributed by atoms with Gasteiger partial charge in [-0.15, -0.1) is 0 Å². The Morgan fingerprint density at radius 2 is 1.95 bits per heavy atom. The molecule has 1 N–H and O–H groups in total. The highest BCUT2D eigenvalue weighted by molar-refractivity contribution is 5.84. The molecule has 1 aromatic rings. The van der Waals surface area contributed by atoms with Crippen LogP contribution in [0.5, 0.6) is 0 Å². The Labute approximate surface area is 115 Å². The van der Waals surface area contributed by atoms with Gasteiger partial charge in [0.25, 0.3) is 0 Å². The number of nitrogens with zero attached hydrogens (tertiary/aromatic N) is 1. The summed E-state index contributed by atoms with van der Waals surface area (Å²) in [6.45, 7) is 5.03. The second kappa shape index (κ2) is 4.97. The van der Waals surface area contributed by atoms with Crippen LogP contribution in [0.2, 0.25) is 0 Å². The van der Waals surface area contributed by atoms with Crippen LogP contribution in [-0.4, -0.2) is 23.4 Å². The van der Waals surface area contributed by atoms with E-state index in [-0.39, 0.29) is 18.1 Å². The summed E-state index contributed by atoms with van der Waals surface area (Å²) in [6.07, 6.45) is 3.67. The highest BCUT2D eigenvalue weighted by Crippen LogP contribution is 2.34. The van der Waals surface area contributed by atoms with Crippen LogP contribution >= 0.6 is 0 Å². The molecule has 2 aliphatic rings. The molecular weight excluding hydrogens is 236 g/mol. The van der Waals surface area contributed by atoms with Crippen molar-refractivity contribution < 1.29 is 4.79 Å². The molecule has 1 saturated heterocycles. The van der Waals surface area contributed by atoms with Gasteiger partial charge in [-0.3, -0.25) is 10.1 Å². The van der Waals surface area contributed by atoms with E-state index in [0.717, 1.165) is 18.9 Å². The topological polar surface area (TPSA) is 32.3 Å². The number of amides is 1. The fourth-order valence-electron chi connectivity index (χ4n) is 2.76. The first-order valence-electron chi connectivity index (χ1n) is 7.34. The third kappa shape index (κ3) is 2.52. The molecule has 0 aromatic heterocycles. The lowest BCUT2D eigenvalue weighted by molar-refractivity contribution is -0.130. The summed E-state index contributed by atoms with van der Waals surface area (Å²) in [5.74, 6) is 0.977. The molecule has 2 unspecified atom stereocenters. The Morgan fingerprint density at radius 1 is 1.26 bits per heavy atom. The molecule has 3 heteroatoms. The monoisotopic (exact) mass is 258 g/mol. The van der Waals surface area contributed by atoms with Gasteiger partial charge in [-0.05, 0) is 43.2 Å². The third-order valence-corrected chi connectivity index (χ3v) is 4.23. The molecule has 1 saturated carbocycles. The molecule has 19 heavy (non-hydrogen) atoms. The normalized spacial score (nSPS) is 27.1. The van der Waals surface area contributed by atoms with E-state index in [1.54, 1.807) is 0 Å². The van der Waals surface area contributed by atoms with E-state index in [1.807, 2.05) is 11.8 Å². The molecule has 3 rings (SSSR count). The fourth-order valence-corrected chi connectivity index (χ4v) is 2.76. The number of carbonyl (C=O) groups excluding carboxylic acids is 1. The van der Waals surface area contributed by atoms with Crippen LogP contribution in [0.15, 0.2) is 24.3 Å². The lowest BCUT2D eigenvalue weighted by atomic mass is 10.1. The molecule has 0 bridgehead atoms. The third-order valence-electron chi connectivity index (χ3n) is 4.23. The first kappa shape index (κ1) is 12.7. The van der Waals surface area contributed by atoms with Crippen molar-refractivity contribution in [2.24, 2.45) is 5.92 Å². The predicted molar refractivity (Wildman–Crippen MR) is 75.6 cm³/mol. The number of carbonyl (C=O) groups is 1. The van der Waals surface area contributed by atoms with Crippen LogP contribution in [0, 0.1) is 5.92 Å². The van der Waals surface area contributed by atoms with Crippen molar-refractivity contribution in [2.45, 2.75) is 45.3 Å². The van der Waals surface area contributed by atoms with E-state index in [1.165, 1.54) is 24.0 Å². The van der Waals surface area contributed by atoms with Crippen LogP contribution in [0.1, 0.15) is 44.0 Å².